The number of nitrogens with zero attached hydrogens (tertiary/aromatic N) is 3. The third-order valence-electron chi connectivity index (χ3n) is 6.37. The van der Waals surface area contributed by atoms with Crippen molar-refractivity contribution < 1.29 is 9.53 Å². The Kier molecular flexibility index (Phi) is 10.0. The predicted molar refractivity (Wildman–Crippen MR) is 158 cm³/mol. The van der Waals surface area contributed by atoms with Crippen LogP contribution < -0.4 is 5.32 Å². The van der Waals surface area contributed by atoms with Crippen LogP contribution in [0.4, 0.5) is 4.79 Å². The average Bonchev–Trinajstić information content (AvgIpc) is 2.80. The molecule has 0 aromatic carbocycles. The van der Waals surface area contributed by atoms with Crippen LogP contribution in [0.25, 0.3) is 11.8 Å². The van der Waals surface area contributed by atoms with Crippen LogP contribution >= 0.6 is 11.6 Å². The molecule has 0 unspecified atom stereocenters. The molecule has 1 amide bonds. The molecule has 0 atom stereocenters. The molecule has 2 heterocycles. The van der Waals surface area contributed by atoms with Gasteiger partial charge in [0, 0.05) is 48.6 Å². The van der Waals surface area contributed by atoms with Crippen LogP contribution in [0.5, 0.6) is 0 Å². The summed E-state index contributed by atoms with van der Waals surface area (Å²) in [6, 6.07) is 1.83. The number of nitrogens with one attached hydrogen (secondary N) is 1. The Morgan fingerprint density at radius 3 is 2.71 bits per heavy atom. The fourth-order valence-electron chi connectivity index (χ4n) is 4.18. The highest BCUT2D eigenvalue weighted by molar-refractivity contribution is 6.29. The third kappa shape index (κ3) is 8.66. The molecule has 7 heteroatoms. The molecular formula is C31H41ClN4O2. The molecule has 0 spiro atoms. The molecule has 1 aromatic heterocycles. The van der Waals surface area contributed by atoms with E-state index in [2.05, 4.69) is 30.4 Å². The van der Waals surface area contributed by atoms with Gasteiger partial charge in [0.2, 0.25) is 0 Å². The molecule has 0 bridgehead atoms. The highest BCUT2D eigenvalue weighted by Gasteiger charge is 2.28. The topological polar surface area (TPSA) is 57.7 Å². The van der Waals surface area contributed by atoms with Crippen molar-refractivity contribution in [2.45, 2.75) is 59.5 Å². The van der Waals surface area contributed by atoms with Gasteiger partial charge >= 0.3 is 6.09 Å². The second-order valence-corrected chi connectivity index (χ2v) is 11.4. The summed E-state index contributed by atoms with van der Waals surface area (Å²) in [6.45, 7) is 19.9. The van der Waals surface area contributed by atoms with Gasteiger partial charge in [-0.3, -0.25) is 0 Å². The number of aromatic nitrogens is 1. The van der Waals surface area contributed by atoms with Crippen LogP contribution in [0, 0.1) is 5.92 Å². The van der Waals surface area contributed by atoms with Gasteiger partial charge in [0.25, 0.3) is 0 Å². The number of carbonyl (C=O) groups is 1. The normalized spacial score (nSPS) is 16.4. The number of allylic oxidation sites excluding steroid dienone is 2. The van der Waals surface area contributed by atoms with Crippen LogP contribution in [0.3, 0.4) is 0 Å². The van der Waals surface area contributed by atoms with Gasteiger partial charge in [0.15, 0.2) is 0 Å². The van der Waals surface area contributed by atoms with E-state index in [1.807, 2.05) is 80.3 Å². The summed E-state index contributed by atoms with van der Waals surface area (Å²) in [6.07, 6.45) is 17.1. The van der Waals surface area contributed by atoms with E-state index in [0.29, 0.717) is 24.2 Å². The zero-order chi connectivity index (χ0) is 27.9. The Bertz CT molecular complexity index is 1170. The summed E-state index contributed by atoms with van der Waals surface area (Å²) >= 11 is 6.07. The predicted octanol–water partition coefficient (Wildman–Crippen LogP) is 7.54. The summed E-state index contributed by atoms with van der Waals surface area (Å²) in [5.74, 6) is 0.548. The maximum atomic E-state index is 13.0. The van der Waals surface area contributed by atoms with Crippen molar-refractivity contribution in [3.05, 3.63) is 89.2 Å². The molecule has 1 aliphatic heterocycles. The van der Waals surface area contributed by atoms with Gasteiger partial charge in [-0.05, 0) is 82.2 Å². The number of hydrogen-bond donors (Lipinski definition) is 1. The lowest BCUT2D eigenvalue weighted by atomic mass is 9.85. The van der Waals surface area contributed by atoms with Crippen LogP contribution in [0.15, 0.2) is 72.9 Å². The minimum atomic E-state index is -0.529. The summed E-state index contributed by atoms with van der Waals surface area (Å²) in [4.78, 5) is 21.0. The number of ether oxygens (including phenoxy) is 1. The van der Waals surface area contributed by atoms with Crippen LogP contribution in [-0.2, 0) is 4.74 Å². The van der Waals surface area contributed by atoms with E-state index < -0.39 is 5.60 Å². The zero-order valence-electron chi connectivity index (χ0n) is 23.4. The van der Waals surface area contributed by atoms with Crippen molar-refractivity contribution >= 4 is 29.5 Å². The van der Waals surface area contributed by atoms with Gasteiger partial charge < -0.3 is 19.9 Å². The van der Waals surface area contributed by atoms with Crippen molar-refractivity contribution in [1.29, 1.82) is 0 Å². The molecule has 1 aromatic rings. The first-order valence-electron chi connectivity index (χ1n) is 13.2. The first-order valence-corrected chi connectivity index (χ1v) is 13.6. The molecule has 0 saturated heterocycles. The largest absolute Gasteiger partial charge is 0.444 e. The summed E-state index contributed by atoms with van der Waals surface area (Å²) in [5.41, 5.74) is 5.07. The van der Waals surface area contributed by atoms with Crippen LogP contribution in [0.1, 0.15) is 65.0 Å². The molecule has 2 aliphatic rings. The number of hydrogen-bond acceptors (Lipinski definition) is 5. The molecule has 6 nitrogen and oxygen atoms in total. The molecule has 3 rings (SSSR count). The van der Waals surface area contributed by atoms with E-state index >= 15 is 0 Å². The molecular weight excluding hydrogens is 496 g/mol. The van der Waals surface area contributed by atoms with Crippen molar-refractivity contribution in [3.63, 3.8) is 0 Å². The van der Waals surface area contributed by atoms with E-state index in [1.54, 1.807) is 6.20 Å². The van der Waals surface area contributed by atoms with E-state index in [1.165, 1.54) is 19.3 Å². The maximum absolute atomic E-state index is 13.0. The molecule has 1 aliphatic carbocycles. The number of carbonyl (C=O) groups excluding carboxylic acids is 1. The summed E-state index contributed by atoms with van der Waals surface area (Å²) in [5, 5.41) is 3.84. The Hall–Kier alpha value is -3.25. The van der Waals surface area contributed by atoms with Gasteiger partial charge in [-0.15, -0.1) is 0 Å². The molecule has 1 N–H and O–H groups in total. The van der Waals surface area contributed by atoms with E-state index in [0.717, 1.165) is 40.2 Å². The second-order valence-electron chi connectivity index (χ2n) is 11.0. The van der Waals surface area contributed by atoms with E-state index in [4.69, 9.17) is 16.3 Å². The minimum Gasteiger partial charge on any atom is -0.444 e. The van der Waals surface area contributed by atoms with Gasteiger partial charge in [-0.1, -0.05) is 49.4 Å². The summed E-state index contributed by atoms with van der Waals surface area (Å²) in [7, 11) is 0. The standard InChI is InChI=1S/C31H41ClN4O2/c1-8-10-27-15-29(32)34-17-28(27)24(4)33-16-22(2)18-35-20-26(14-13-23(35)3)21-36(19-25-11-9-12-25)30(37)38-31(5,6)7/h8,10,13-15,17-18,20,25,33H,3-4,9,11-12,16,19,21H2,1-2,5-7H3/b10-8-,22-18+. The Balaban J connectivity index is 1.67. The van der Waals surface area contributed by atoms with Gasteiger partial charge in [0.05, 0.1) is 6.54 Å². The lowest BCUT2D eigenvalue weighted by Crippen LogP contribution is -2.42. The quantitative estimate of drug-likeness (QED) is 0.313. The smallest absolute Gasteiger partial charge is 0.410 e. The maximum Gasteiger partial charge on any atom is 0.410 e. The SMILES string of the molecule is C=C(NC/C(C)=C/N1C=C(CN(CC2CCC2)C(=O)OC(C)(C)C)C=CC1=C)c1cnc(Cl)cc1/C=C\C. The van der Waals surface area contributed by atoms with Crippen molar-refractivity contribution in [3.8, 4) is 0 Å². The van der Waals surface area contributed by atoms with E-state index in [9.17, 15) is 4.79 Å². The van der Waals surface area contributed by atoms with Gasteiger partial charge in [-0.2, -0.15) is 0 Å². The second kappa shape index (κ2) is 13.0. The lowest BCUT2D eigenvalue weighted by molar-refractivity contribution is 0.0212. The number of pyridine rings is 1. The zero-order valence-corrected chi connectivity index (χ0v) is 24.1. The molecule has 1 saturated carbocycles. The Morgan fingerprint density at radius 1 is 1.34 bits per heavy atom. The molecule has 1 fully saturated rings. The third-order valence-corrected chi connectivity index (χ3v) is 6.58. The summed E-state index contributed by atoms with van der Waals surface area (Å²) < 4.78 is 5.70. The van der Waals surface area contributed by atoms with E-state index in [-0.39, 0.29) is 6.09 Å². The number of halogens is 1. The van der Waals surface area contributed by atoms with Gasteiger partial charge in [-0.25, -0.2) is 9.78 Å². The number of amides is 1. The molecule has 0 radical (unpaired) electrons. The fourth-order valence-corrected chi connectivity index (χ4v) is 4.35. The van der Waals surface area contributed by atoms with Crippen LogP contribution in [0.2, 0.25) is 5.15 Å². The monoisotopic (exact) mass is 536 g/mol. The number of rotatable bonds is 10. The van der Waals surface area contributed by atoms with Crippen LogP contribution in [-0.4, -0.2) is 46.1 Å². The van der Waals surface area contributed by atoms with Gasteiger partial charge in [0.1, 0.15) is 10.8 Å². The Labute approximate surface area is 233 Å². The minimum absolute atomic E-state index is 0.266. The average molecular weight is 537 g/mol. The molecule has 204 valence electrons. The van der Waals surface area contributed by atoms with Crippen molar-refractivity contribution in [2.24, 2.45) is 5.92 Å². The van der Waals surface area contributed by atoms with Crippen molar-refractivity contribution in [2.75, 3.05) is 19.6 Å². The first-order chi connectivity index (χ1) is 17.9. The van der Waals surface area contributed by atoms with Crippen molar-refractivity contribution in [1.82, 2.24) is 20.1 Å². The lowest BCUT2D eigenvalue weighted by Gasteiger charge is -2.34. The fraction of sp³-hybridized carbons (Fsp3) is 0.419. The first kappa shape index (κ1) is 29.3. The molecule has 38 heavy (non-hydrogen) atoms. The highest BCUT2D eigenvalue weighted by atomic mass is 35.5. The highest BCUT2D eigenvalue weighted by Crippen LogP contribution is 2.29. The Morgan fingerprint density at radius 2 is 2.08 bits per heavy atom.